The molecule has 2 rings (SSSR count). The molecule has 0 N–H and O–H groups in total. The van der Waals surface area contributed by atoms with Crippen LogP contribution in [0.25, 0.3) is 0 Å². The third-order valence-corrected chi connectivity index (χ3v) is 2.97. The number of methoxy groups -OCH3 is 2. The van der Waals surface area contributed by atoms with Crippen molar-refractivity contribution in [2.75, 3.05) is 14.2 Å². The van der Waals surface area contributed by atoms with E-state index in [0.717, 1.165) is 11.1 Å². The molecule has 0 fully saturated rings. The zero-order chi connectivity index (χ0) is 13.7. The van der Waals surface area contributed by atoms with E-state index in [1.165, 1.54) is 7.11 Å². The second-order valence-corrected chi connectivity index (χ2v) is 4.14. The van der Waals surface area contributed by atoms with Crippen LogP contribution >= 0.6 is 0 Å². The summed E-state index contributed by atoms with van der Waals surface area (Å²) in [4.78, 5) is 11.4. The van der Waals surface area contributed by atoms with Gasteiger partial charge in [0, 0.05) is 7.11 Å². The number of benzene rings is 2. The Labute approximate surface area is 112 Å². The standard InChI is InChI=1S/C16H16O3/c1-18-15(12-6-4-3-5-7-12)13-8-10-14(11-9-13)16(17)19-2/h3-11,15H,1-2H3. The molecule has 0 saturated heterocycles. The monoisotopic (exact) mass is 256 g/mol. The second-order valence-electron chi connectivity index (χ2n) is 4.14. The normalized spacial score (nSPS) is 11.9. The Bertz CT molecular complexity index is 532. The van der Waals surface area contributed by atoms with Gasteiger partial charge < -0.3 is 9.47 Å². The predicted octanol–water partition coefficient (Wildman–Crippen LogP) is 3.21. The van der Waals surface area contributed by atoms with Crippen LogP contribution in [0.1, 0.15) is 27.6 Å². The molecule has 2 aromatic rings. The summed E-state index contributed by atoms with van der Waals surface area (Å²) < 4.78 is 10.2. The number of rotatable bonds is 4. The SMILES string of the molecule is COC(=O)c1ccc(C(OC)c2ccccc2)cc1. The topological polar surface area (TPSA) is 35.5 Å². The highest BCUT2D eigenvalue weighted by molar-refractivity contribution is 5.89. The lowest BCUT2D eigenvalue weighted by Gasteiger charge is -2.16. The average Bonchev–Trinajstić information content (AvgIpc) is 2.49. The van der Waals surface area contributed by atoms with Crippen LogP contribution < -0.4 is 0 Å². The van der Waals surface area contributed by atoms with Crippen molar-refractivity contribution in [2.24, 2.45) is 0 Å². The first-order valence-corrected chi connectivity index (χ1v) is 6.02. The fraction of sp³-hybridized carbons (Fsp3) is 0.188. The molecule has 1 unspecified atom stereocenters. The van der Waals surface area contributed by atoms with Crippen LogP contribution in [0.4, 0.5) is 0 Å². The van der Waals surface area contributed by atoms with Gasteiger partial charge in [-0.1, -0.05) is 42.5 Å². The van der Waals surface area contributed by atoms with Gasteiger partial charge in [-0.05, 0) is 23.3 Å². The molecular weight excluding hydrogens is 240 g/mol. The van der Waals surface area contributed by atoms with Gasteiger partial charge in [-0.15, -0.1) is 0 Å². The van der Waals surface area contributed by atoms with Gasteiger partial charge in [0.25, 0.3) is 0 Å². The first-order valence-electron chi connectivity index (χ1n) is 6.02. The Hall–Kier alpha value is -2.13. The Kier molecular flexibility index (Phi) is 4.31. The fourth-order valence-corrected chi connectivity index (χ4v) is 2.00. The molecule has 2 aromatic carbocycles. The van der Waals surface area contributed by atoms with Gasteiger partial charge in [-0.2, -0.15) is 0 Å². The number of carbonyl (C=O) groups is 1. The summed E-state index contributed by atoms with van der Waals surface area (Å²) in [6, 6.07) is 17.2. The molecule has 0 saturated carbocycles. The fourth-order valence-electron chi connectivity index (χ4n) is 2.00. The summed E-state index contributed by atoms with van der Waals surface area (Å²) in [5.41, 5.74) is 2.62. The van der Waals surface area contributed by atoms with Crippen molar-refractivity contribution in [3.63, 3.8) is 0 Å². The summed E-state index contributed by atoms with van der Waals surface area (Å²) in [6.07, 6.45) is -0.132. The molecule has 3 heteroatoms. The third-order valence-electron chi connectivity index (χ3n) is 2.97. The Balaban J connectivity index is 2.27. The maximum atomic E-state index is 11.4. The van der Waals surface area contributed by atoms with Crippen LogP contribution in [0.2, 0.25) is 0 Å². The third kappa shape index (κ3) is 3.01. The van der Waals surface area contributed by atoms with Gasteiger partial charge in [0.2, 0.25) is 0 Å². The molecule has 98 valence electrons. The largest absolute Gasteiger partial charge is 0.465 e. The summed E-state index contributed by atoms with van der Waals surface area (Å²) in [6.45, 7) is 0. The molecule has 0 bridgehead atoms. The van der Waals surface area contributed by atoms with E-state index in [4.69, 9.17) is 4.74 Å². The van der Waals surface area contributed by atoms with Gasteiger partial charge in [0.15, 0.2) is 0 Å². The van der Waals surface area contributed by atoms with Crippen molar-refractivity contribution in [3.8, 4) is 0 Å². The van der Waals surface area contributed by atoms with E-state index >= 15 is 0 Å². The second kappa shape index (κ2) is 6.16. The van der Waals surface area contributed by atoms with E-state index in [1.54, 1.807) is 19.2 Å². The smallest absolute Gasteiger partial charge is 0.337 e. The molecule has 0 spiro atoms. The zero-order valence-corrected chi connectivity index (χ0v) is 11.0. The van der Waals surface area contributed by atoms with Gasteiger partial charge in [0.05, 0.1) is 12.7 Å². The minimum Gasteiger partial charge on any atom is -0.465 e. The lowest BCUT2D eigenvalue weighted by atomic mass is 10.0. The molecule has 0 heterocycles. The van der Waals surface area contributed by atoms with Gasteiger partial charge in [0.1, 0.15) is 6.10 Å². The van der Waals surface area contributed by atoms with Gasteiger partial charge in [-0.25, -0.2) is 4.79 Å². The Morgan fingerprint density at radius 2 is 1.47 bits per heavy atom. The molecule has 0 aliphatic heterocycles. The molecule has 19 heavy (non-hydrogen) atoms. The molecule has 0 amide bonds. The highest BCUT2D eigenvalue weighted by Crippen LogP contribution is 2.25. The zero-order valence-electron chi connectivity index (χ0n) is 11.0. The van der Waals surface area contributed by atoms with Crippen LogP contribution in [-0.2, 0) is 9.47 Å². The van der Waals surface area contributed by atoms with Crippen molar-refractivity contribution in [3.05, 3.63) is 71.3 Å². The van der Waals surface area contributed by atoms with E-state index in [-0.39, 0.29) is 12.1 Å². The minimum absolute atomic E-state index is 0.132. The molecule has 0 aromatic heterocycles. The highest BCUT2D eigenvalue weighted by atomic mass is 16.5. The molecular formula is C16H16O3. The Morgan fingerprint density at radius 1 is 0.895 bits per heavy atom. The summed E-state index contributed by atoms with van der Waals surface area (Å²) in [7, 11) is 3.05. The number of ether oxygens (including phenoxy) is 2. The molecule has 1 atom stereocenters. The van der Waals surface area contributed by atoms with Crippen molar-refractivity contribution in [1.82, 2.24) is 0 Å². The van der Waals surface area contributed by atoms with Crippen LogP contribution in [0.15, 0.2) is 54.6 Å². The summed E-state index contributed by atoms with van der Waals surface area (Å²) in [5.74, 6) is -0.333. The van der Waals surface area contributed by atoms with Crippen molar-refractivity contribution in [2.45, 2.75) is 6.10 Å². The molecule has 0 aliphatic rings. The van der Waals surface area contributed by atoms with Crippen LogP contribution in [-0.4, -0.2) is 20.2 Å². The van der Waals surface area contributed by atoms with Gasteiger partial charge >= 0.3 is 5.97 Å². The lowest BCUT2D eigenvalue weighted by molar-refractivity contribution is 0.0600. The van der Waals surface area contributed by atoms with Crippen molar-refractivity contribution >= 4 is 5.97 Å². The minimum atomic E-state index is -0.333. The first kappa shape index (κ1) is 13.3. The number of carbonyl (C=O) groups excluding carboxylic acids is 1. The summed E-state index contributed by atoms with van der Waals surface area (Å²) >= 11 is 0. The highest BCUT2D eigenvalue weighted by Gasteiger charge is 2.13. The maximum Gasteiger partial charge on any atom is 0.337 e. The van der Waals surface area contributed by atoms with E-state index in [0.29, 0.717) is 5.56 Å². The van der Waals surface area contributed by atoms with Crippen molar-refractivity contribution < 1.29 is 14.3 Å². The molecule has 3 nitrogen and oxygen atoms in total. The van der Waals surface area contributed by atoms with E-state index in [9.17, 15) is 4.79 Å². The number of hydrogen-bond acceptors (Lipinski definition) is 3. The molecule has 0 radical (unpaired) electrons. The van der Waals surface area contributed by atoms with Crippen LogP contribution in [0.3, 0.4) is 0 Å². The van der Waals surface area contributed by atoms with Crippen LogP contribution in [0.5, 0.6) is 0 Å². The summed E-state index contributed by atoms with van der Waals surface area (Å²) in [5, 5.41) is 0. The van der Waals surface area contributed by atoms with E-state index in [2.05, 4.69) is 4.74 Å². The molecule has 0 aliphatic carbocycles. The first-order chi connectivity index (χ1) is 9.26. The van der Waals surface area contributed by atoms with Crippen molar-refractivity contribution in [1.29, 1.82) is 0 Å². The Morgan fingerprint density at radius 3 is 2.00 bits per heavy atom. The maximum absolute atomic E-state index is 11.4. The van der Waals surface area contributed by atoms with Gasteiger partial charge in [-0.3, -0.25) is 0 Å². The lowest BCUT2D eigenvalue weighted by Crippen LogP contribution is -2.05. The quantitative estimate of drug-likeness (QED) is 0.788. The van der Waals surface area contributed by atoms with E-state index < -0.39 is 0 Å². The predicted molar refractivity (Wildman–Crippen MR) is 73.1 cm³/mol. The average molecular weight is 256 g/mol. The number of hydrogen-bond donors (Lipinski definition) is 0. The number of esters is 1. The van der Waals surface area contributed by atoms with Crippen LogP contribution in [0, 0.1) is 0 Å². The van der Waals surface area contributed by atoms with E-state index in [1.807, 2.05) is 42.5 Å².